The fourth-order valence-corrected chi connectivity index (χ4v) is 3.80. The molecule has 0 unspecified atom stereocenters. The van der Waals surface area contributed by atoms with Gasteiger partial charge in [0.2, 0.25) is 5.91 Å². The van der Waals surface area contributed by atoms with Gasteiger partial charge in [0.05, 0.1) is 11.9 Å². The number of aliphatic carboxylic acids is 1. The molecule has 1 heterocycles. The summed E-state index contributed by atoms with van der Waals surface area (Å²) in [5, 5.41) is 12.0. The van der Waals surface area contributed by atoms with E-state index < -0.39 is 17.1 Å². The van der Waals surface area contributed by atoms with Gasteiger partial charge in [-0.15, -0.1) is 0 Å². The molecule has 1 aromatic carbocycles. The van der Waals surface area contributed by atoms with Crippen molar-refractivity contribution in [2.24, 2.45) is 12.5 Å². The molecule has 1 aromatic heterocycles. The zero-order valence-electron chi connectivity index (χ0n) is 14.2. The van der Waals surface area contributed by atoms with E-state index in [1.54, 1.807) is 25.2 Å². The van der Waals surface area contributed by atoms with Crippen LogP contribution in [-0.2, 0) is 16.6 Å². The second-order valence-electron chi connectivity index (χ2n) is 6.97. The van der Waals surface area contributed by atoms with Crippen LogP contribution < -0.4 is 11.1 Å². The largest absolute Gasteiger partial charge is 0.481 e. The number of amides is 1. The van der Waals surface area contributed by atoms with Crippen LogP contribution in [0.5, 0.6) is 0 Å². The molecule has 2 aromatic rings. The molecule has 2 N–H and O–H groups in total. The fraction of sp³-hybridized carbons (Fsp3) is 0.500. The number of anilines is 1. The predicted molar refractivity (Wildman–Crippen MR) is 92.5 cm³/mol. The maximum Gasteiger partial charge on any atom is 0.419 e. The van der Waals surface area contributed by atoms with Gasteiger partial charge < -0.3 is 14.8 Å². The Morgan fingerprint density at radius 1 is 1.24 bits per heavy atom. The number of benzene rings is 1. The summed E-state index contributed by atoms with van der Waals surface area (Å²) in [4.78, 5) is 35.2. The first-order valence-corrected chi connectivity index (χ1v) is 8.50. The minimum atomic E-state index is -0.859. The summed E-state index contributed by atoms with van der Waals surface area (Å²) < 4.78 is 6.52. The lowest BCUT2D eigenvalue weighted by Crippen LogP contribution is -2.32. The molecule has 0 aliphatic heterocycles. The second-order valence-corrected chi connectivity index (χ2v) is 6.97. The Labute approximate surface area is 144 Å². The molecule has 1 fully saturated rings. The van der Waals surface area contributed by atoms with E-state index in [9.17, 15) is 19.5 Å². The standard InChI is InChI=1S/C18H22N2O5/c1-20-13-6-5-12(9-14(13)25-17(20)24)19-15(21)10-18(11-16(22)23)7-3-2-4-8-18/h5-6,9H,2-4,7-8,10-11H2,1H3,(H,19,21)(H,22,23). The molecular weight excluding hydrogens is 324 g/mol. The molecule has 1 aliphatic rings. The van der Waals surface area contributed by atoms with Crippen LogP contribution in [0.3, 0.4) is 0 Å². The van der Waals surface area contributed by atoms with Gasteiger partial charge in [-0.2, -0.15) is 0 Å². The van der Waals surface area contributed by atoms with Crippen LogP contribution in [0.2, 0.25) is 0 Å². The topological polar surface area (TPSA) is 102 Å². The molecule has 0 atom stereocenters. The average molecular weight is 346 g/mol. The molecule has 0 saturated heterocycles. The van der Waals surface area contributed by atoms with Gasteiger partial charge >= 0.3 is 11.7 Å². The summed E-state index contributed by atoms with van der Waals surface area (Å²) in [6.07, 6.45) is 4.75. The van der Waals surface area contributed by atoms with Gasteiger partial charge in [-0.3, -0.25) is 14.2 Å². The number of fused-ring (bicyclic) bond motifs is 1. The van der Waals surface area contributed by atoms with E-state index in [0.29, 0.717) is 16.8 Å². The Hall–Kier alpha value is -2.57. The number of aromatic nitrogens is 1. The second kappa shape index (κ2) is 6.74. The van der Waals surface area contributed by atoms with Gasteiger partial charge in [0, 0.05) is 25.2 Å². The molecule has 3 rings (SSSR count). The van der Waals surface area contributed by atoms with E-state index in [-0.39, 0.29) is 18.7 Å². The number of carbonyl (C=O) groups excluding carboxylic acids is 1. The van der Waals surface area contributed by atoms with E-state index in [1.165, 1.54) is 4.57 Å². The lowest BCUT2D eigenvalue weighted by Gasteiger charge is -2.35. The lowest BCUT2D eigenvalue weighted by molar-refractivity contribution is -0.140. The third-order valence-electron chi connectivity index (χ3n) is 5.05. The molecule has 1 saturated carbocycles. The van der Waals surface area contributed by atoms with Crippen LogP contribution in [0.4, 0.5) is 5.69 Å². The maximum atomic E-state index is 12.5. The number of nitrogens with one attached hydrogen (secondary N) is 1. The average Bonchev–Trinajstić information content (AvgIpc) is 2.81. The Balaban J connectivity index is 1.74. The van der Waals surface area contributed by atoms with Crippen LogP contribution in [0, 0.1) is 5.41 Å². The first kappa shape index (κ1) is 17.3. The van der Waals surface area contributed by atoms with Gasteiger partial charge in [0.1, 0.15) is 0 Å². The SMILES string of the molecule is Cn1c(=O)oc2cc(NC(=O)CC3(CC(=O)O)CCCCC3)ccc21. The van der Waals surface area contributed by atoms with Crippen LogP contribution >= 0.6 is 0 Å². The highest BCUT2D eigenvalue weighted by Gasteiger charge is 2.36. The zero-order valence-corrected chi connectivity index (χ0v) is 14.2. The summed E-state index contributed by atoms with van der Waals surface area (Å²) in [6, 6.07) is 5.03. The zero-order chi connectivity index (χ0) is 18.0. The maximum absolute atomic E-state index is 12.5. The molecule has 7 heteroatoms. The van der Waals surface area contributed by atoms with E-state index in [2.05, 4.69) is 5.32 Å². The minimum absolute atomic E-state index is 0.0208. The van der Waals surface area contributed by atoms with Crippen LogP contribution in [0.25, 0.3) is 11.1 Å². The van der Waals surface area contributed by atoms with Crippen molar-refractivity contribution in [2.45, 2.75) is 44.9 Å². The molecular formula is C18H22N2O5. The summed E-state index contributed by atoms with van der Waals surface area (Å²) in [5.41, 5.74) is 1.13. The van der Waals surface area contributed by atoms with Gasteiger partial charge in [-0.05, 0) is 30.4 Å². The molecule has 1 aliphatic carbocycles. The van der Waals surface area contributed by atoms with Gasteiger partial charge in [-0.1, -0.05) is 19.3 Å². The molecule has 1 amide bonds. The van der Waals surface area contributed by atoms with Crippen molar-refractivity contribution in [3.05, 3.63) is 28.7 Å². The quantitative estimate of drug-likeness (QED) is 0.867. The van der Waals surface area contributed by atoms with Crippen LogP contribution in [0.15, 0.2) is 27.4 Å². The minimum Gasteiger partial charge on any atom is -0.481 e. The fourth-order valence-electron chi connectivity index (χ4n) is 3.80. The van der Waals surface area contributed by atoms with Crippen molar-refractivity contribution >= 4 is 28.7 Å². The van der Waals surface area contributed by atoms with E-state index in [1.807, 2.05) is 0 Å². The predicted octanol–water partition coefficient (Wildman–Crippen LogP) is 2.89. The van der Waals surface area contributed by atoms with E-state index in [0.717, 1.165) is 32.1 Å². The number of carboxylic acid groups (broad SMARTS) is 1. The summed E-state index contributed by atoms with van der Waals surface area (Å²) in [7, 11) is 1.62. The molecule has 25 heavy (non-hydrogen) atoms. The third kappa shape index (κ3) is 3.75. The normalized spacial score (nSPS) is 16.7. The molecule has 0 spiro atoms. The Morgan fingerprint density at radius 3 is 2.64 bits per heavy atom. The smallest absolute Gasteiger partial charge is 0.419 e. The Bertz CT molecular complexity index is 858. The Kier molecular flexibility index (Phi) is 4.65. The van der Waals surface area contributed by atoms with Crippen molar-refractivity contribution in [3.8, 4) is 0 Å². The highest BCUT2D eigenvalue weighted by Crippen LogP contribution is 2.42. The number of rotatable bonds is 5. The number of hydrogen-bond donors (Lipinski definition) is 2. The number of hydrogen-bond acceptors (Lipinski definition) is 4. The number of carboxylic acids is 1. The van der Waals surface area contributed by atoms with Crippen molar-refractivity contribution in [3.63, 3.8) is 0 Å². The van der Waals surface area contributed by atoms with E-state index >= 15 is 0 Å². The third-order valence-corrected chi connectivity index (χ3v) is 5.05. The van der Waals surface area contributed by atoms with Crippen LogP contribution in [0.1, 0.15) is 44.9 Å². The number of aryl methyl sites for hydroxylation is 1. The lowest BCUT2D eigenvalue weighted by atomic mass is 9.69. The number of oxazole rings is 1. The van der Waals surface area contributed by atoms with Gasteiger partial charge in [0.25, 0.3) is 0 Å². The molecule has 0 bridgehead atoms. The first-order chi connectivity index (χ1) is 11.9. The van der Waals surface area contributed by atoms with Crippen LogP contribution in [-0.4, -0.2) is 21.6 Å². The monoisotopic (exact) mass is 346 g/mol. The Morgan fingerprint density at radius 2 is 1.96 bits per heavy atom. The van der Waals surface area contributed by atoms with Crippen molar-refractivity contribution in [1.82, 2.24) is 4.57 Å². The number of carbonyl (C=O) groups is 2. The van der Waals surface area contributed by atoms with Crippen molar-refractivity contribution in [2.75, 3.05) is 5.32 Å². The highest BCUT2D eigenvalue weighted by molar-refractivity contribution is 5.93. The van der Waals surface area contributed by atoms with Crippen molar-refractivity contribution < 1.29 is 19.1 Å². The van der Waals surface area contributed by atoms with E-state index in [4.69, 9.17) is 4.42 Å². The molecule has 134 valence electrons. The molecule has 7 nitrogen and oxygen atoms in total. The van der Waals surface area contributed by atoms with Gasteiger partial charge in [0.15, 0.2) is 5.58 Å². The van der Waals surface area contributed by atoms with Gasteiger partial charge in [-0.25, -0.2) is 4.79 Å². The summed E-state index contributed by atoms with van der Waals surface area (Å²) >= 11 is 0. The summed E-state index contributed by atoms with van der Waals surface area (Å²) in [5.74, 6) is -1.52. The number of nitrogens with zero attached hydrogens (tertiary/aromatic N) is 1. The first-order valence-electron chi connectivity index (χ1n) is 8.50. The molecule has 0 radical (unpaired) electrons. The highest BCUT2D eigenvalue weighted by atomic mass is 16.4. The summed E-state index contributed by atoms with van der Waals surface area (Å²) in [6.45, 7) is 0. The van der Waals surface area contributed by atoms with Crippen molar-refractivity contribution in [1.29, 1.82) is 0 Å².